The van der Waals surface area contributed by atoms with E-state index in [-0.39, 0.29) is 6.03 Å². The van der Waals surface area contributed by atoms with Crippen LogP contribution in [0.4, 0.5) is 16.2 Å². The summed E-state index contributed by atoms with van der Waals surface area (Å²) in [5, 5.41) is 5.62. The van der Waals surface area contributed by atoms with Gasteiger partial charge in [-0.3, -0.25) is 4.57 Å². The molecule has 0 aliphatic carbocycles. The number of oxazole rings is 1. The van der Waals surface area contributed by atoms with E-state index in [4.69, 9.17) is 4.42 Å². The number of carbonyl (C=O) groups excluding carboxylic acids is 1. The second-order valence-corrected chi connectivity index (χ2v) is 5.64. The average Bonchev–Trinajstić information content (AvgIpc) is 2.85. The van der Waals surface area contributed by atoms with Crippen LogP contribution in [0.15, 0.2) is 45.6 Å². The molecule has 24 heavy (non-hydrogen) atoms. The molecule has 6 heteroatoms. The van der Waals surface area contributed by atoms with Gasteiger partial charge in [-0.25, -0.2) is 9.59 Å². The lowest BCUT2D eigenvalue weighted by molar-refractivity contribution is 0.262. The van der Waals surface area contributed by atoms with Crippen molar-refractivity contribution >= 4 is 28.5 Å². The zero-order chi connectivity index (χ0) is 17.3. The second-order valence-electron chi connectivity index (χ2n) is 5.64. The number of rotatable bonds is 3. The zero-order valence-corrected chi connectivity index (χ0v) is 13.8. The van der Waals surface area contributed by atoms with Crippen LogP contribution in [0.3, 0.4) is 0 Å². The summed E-state index contributed by atoms with van der Waals surface area (Å²) < 4.78 is 6.74. The van der Waals surface area contributed by atoms with Crippen molar-refractivity contribution in [1.82, 2.24) is 4.57 Å². The number of nitrogens with zero attached hydrogens (tertiary/aromatic N) is 1. The molecule has 2 aromatic carbocycles. The van der Waals surface area contributed by atoms with Crippen molar-refractivity contribution in [2.24, 2.45) is 0 Å². The molecule has 1 heterocycles. The maximum absolute atomic E-state index is 12.2. The summed E-state index contributed by atoms with van der Waals surface area (Å²) in [5.74, 6) is -0.398. The quantitative estimate of drug-likeness (QED) is 0.767. The first-order chi connectivity index (χ1) is 11.5. The number of aromatic nitrogens is 1. The molecule has 3 rings (SSSR count). The standard InChI is InChI=1S/C18H19N3O3/c1-4-21-14-9-8-13(10-15(14)24-18(21)23)19-17(22)20-16-11(2)6-5-7-12(16)3/h5-10H,4H2,1-3H3,(H2,19,20,22). The van der Waals surface area contributed by atoms with Gasteiger partial charge in [0.15, 0.2) is 5.58 Å². The van der Waals surface area contributed by atoms with Crippen LogP contribution in [0.2, 0.25) is 0 Å². The van der Waals surface area contributed by atoms with Gasteiger partial charge in [0.2, 0.25) is 0 Å². The summed E-state index contributed by atoms with van der Waals surface area (Å²) in [6, 6.07) is 10.6. The van der Waals surface area contributed by atoms with E-state index in [9.17, 15) is 9.59 Å². The highest BCUT2D eigenvalue weighted by Crippen LogP contribution is 2.21. The molecular weight excluding hydrogens is 306 g/mol. The molecule has 6 nitrogen and oxygen atoms in total. The SMILES string of the molecule is CCn1c(=O)oc2cc(NC(=O)Nc3c(C)cccc3C)ccc21. The first-order valence-corrected chi connectivity index (χ1v) is 7.77. The minimum atomic E-state index is -0.398. The Labute approximate surface area is 139 Å². The van der Waals surface area contributed by atoms with Crippen molar-refractivity contribution in [2.45, 2.75) is 27.3 Å². The molecule has 124 valence electrons. The van der Waals surface area contributed by atoms with Gasteiger partial charge < -0.3 is 15.1 Å². The predicted molar refractivity (Wildman–Crippen MR) is 94.7 cm³/mol. The fourth-order valence-corrected chi connectivity index (χ4v) is 2.73. The summed E-state index contributed by atoms with van der Waals surface area (Å²) in [6.45, 7) is 6.29. The molecule has 0 spiro atoms. The normalized spacial score (nSPS) is 10.8. The maximum atomic E-state index is 12.2. The first kappa shape index (κ1) is 15.9. The topological polar surface area (TPSA) is 76.3 Å². The molecule has 2 N–H and O–H groups in total. The van der Waals surface area contributed by atoms with Crippen LogP contribution in [-0.4, -0.2) is 10.6 Å². The van der Waals surface area contributed by atoms with Crippen LogP contribution in [0.25, 0.3) is 11.1 Å². The van der Waals surface area contributed by atoms with Crippen LogP contribution in [0.5, 0.6) is 0 Å². The average molecular weight is 325 g/mol. The Kier molecular flexibility index (Phi) is 4.12. The van der Waals surface area contributed by atoms with Gasteiger partial charge >= 0.3 is 11.8 Å². The van der Waals surface area contributed by atoms with Crippen molar-refractivity contribution in [2.75, 3.05) is 10.6 Å². The van der Waals surface area contributed by atoms with Gasteiger partial charge in [0, 0.05) is 24.0 Å². The van der Waals surface area contributed by atoms with Gasteiger partial charge in [0.1, 0.15) is 0 Å². The van der Waals surface area contributed by atoms with E-state index in [1.165, 1.54) is 4.57 Å². The van der Waals surface area contributed by atoms with Crippen LogP contribution >= 0.6 is 0 Å². The molecule has 0 saturated heterocycles. The van der Waals surface area contributed by atoms with Crippen molar-refractivity contribution in [1.29, 1.82) is 0 Å². The molecule has 0 atom stereocenters. The number of para-hydroxylation sites is 1. The Morgan fingerprint density at radius 3 is 2.50 bits per heavy atom. The van der Waals surface area contributed by atoms with Crippen molar-refractivity contribution in [3.8, 4) is 0 Å². The number of aryl methyl sites for hydroxylation is 3. The summed E-state index contributed by atoms with van der Waals surface area (Å²) >= 11 is 0. The molecule has 2 amide bonds. The number of anilines is 2. The lowest BCUT2D eigenvalue weighted by Gasteiger charge is -2.12. The predicted octanol–water partition coefficient (Wildman–Crippen LogP) is 3.88. The van der Waals surface area contributed by atoms with Crippen molar-refractivity contribution < 1.29 is 9.21 Å². The number of fused-ring (bicyclic) bond motifs is 1. The molecule has 0 bridgehead atoms. The molecule has 0 saturated carbocycles. The summed E-state index contributed by atoms with van der Waals surface area (Å²) in [6.07, 6.45) is 0. The van der Waals surface area contributed by atoms with Crippen molar-refractivity contribution in [3.05, 3.63) is 58.1 Å². The molecule has 0 radical (unpaired) electrons. The van der Waals surface area contributed by atoms with E-state index < -0.39 is 5.76 Å². The zero-order valence-electron chi connectivity index (χ0n) is 13.8. The van der Waals surface area contributed by atoms with Crippen molar-refractivity contribution in [3.63, 3.8) is 0 Å². The number of carbonyl (C=O) groups is 1. The monoisotopic (exact) mass is 325 g/mol. The number of hydrogen-bond donors (Lipinski definition) is 2. The third-order valence-electron chi connectivity index (χ3n) is 3.96. The molecule has 0 fully saturated rings. The number of benzene rings is 2. The number of amides is 2. The Balaban J connectivity index is 1.82. The largest absolute Gasteiger partial charge is 0.419 e. The van der Waals surface area contributed by atoms with Gasteiger partial charge in [-0.2, -0.15) is 0 Å². The minimum Gasteiger partial charge on any atom is -0.408 e. The summed E-state index contributed by atoms with van der Waals surface area (Å²) in [4.78, 5) is 23.9. The van der Waals surface area contributed by atoms with Crippen LogP contribution in [-0.2, 0) is 6.54 Å². The highest BCUT2D eigenvalue weighted by atomic mass is 16.4. The fraction of sp³-hybridized carbons (Fsp3) is 0.222. The molecule has 3 aromatic rings. The summed E-state index contributed by atoms with van der Waals surface area (Å²) in [5.41, 5.74) is 4.50. The molecule has 0 aliphatic heterocycles. The second kappa shape index (κ2) is 6.23. The first-order valence-electron chi connectivity index (χ1n) is 7.77. The minimum absolute atomic E-state index is 0.343. The van der Waals surface area contributed by atoms with Gasteiger partial charge in [-0.1, -0.05) is 18.2 Å². The van der Waals surface area contributed by atoms with Crippen LogP contribution in [0.1, 0.15) is 18.1 Å². The Hall–Kier alpha value is -3.02. The van der Waals surface area contributed by atoms with Gasteiger partial charge in [-0.05, 0) is 44.0 Å². The number of urea groups is 1. The summed E-state index contributed by atoms with van der Waals surface area (Å²) in [7, 11) is 0. The number of nitrogens with one attached hydrogen (secondary N) is 2. The van der Waals surface area contributed by atoms with Crippen LogP contribution in [0, 0.1) is 13.8 Å². The lowest BCUT2D eigenvalue weighted by atomic mass is 10.1. The fourth-order valence-electron chi connectivity index (χ4n) is 2.73. The third-order valence-corrected chi connectivity index (χ3v) is 3.96. The van der Waals surface area contributed by atoms with E-state index in [0.29, 0.717) is 23.3 Å². The lowest BCUT2D eigenvalue weighted by Crippen LogP contribution is -2.20. The maximum Gasteiger partial charge on any atom is 0.419 e. The molecule has 1 aromatic heterocycles. The van der Waals surface area contributed by atoms with E-state index in [1.807, 2.05) is 39.0 Å². The highest BCUT2D eigenvalue weighted by Gasteiger charge is 2.11. The smallest absolute Gasteiger partial charge is 0.408 e. The van der Waals surface area contributed by atoms with Gasteiger partial charge in [0.05, 0.1) is 5.52 Å². The molecular formula is C18H19N3O3. The van der Waals surface area contributed by atoms with E-state index in [2.05, 4.69) is 10.6 Å². The Morgan fingerprint density at radius 1 is 1.12 bits per heavy atom. The highest BCUT2D eigenvalue weighted by molar-refractivity contribution is 6.01. The number of hydrogen-bond acceptors (Lipinski definition) is 3. The molecule has 0 aliphatic rings. The Bertz CT molecular complexity index is 949. The van der Waals surface area contributed by atoms with Crippen LogP contribution < -0.4 is 16.4 Å². The molecule has 0 unspecified atom stereocenters. The van der Waals surface area contributed by atoms with E-state index in [1.54, 1.807) is 18.2 Å². The van der Waals surface area contributed by atoms with E-state index in [0.717, 1.165) is 16.8 Å². The third kappa shape index (κ3) is 2.90. The van der Waals surface area contributed by atoms with Gasteiger partial charge in [-0.15, -0.1) is 0 Å². The van der Waals surface area contributed by atoms with E-state index >= 15 is 0 Å². The van der Waals surface area contributed by atoms with Gasteiger partial charge in [0.25, 0.3) is 0 Å². The Morgan fingerprint density at radius 2 is 1.83 bits per heavy atom.